The fourth-order valence-corrected chi connectivity index (χ4v) is 3.15. The molecule has 0 unspecified atom stereocenters. The standard InChI is InChI=1S/C16H12N4O4S/c1-8-11(6-12(14(17)21)15(22)18-8)13-7-25-16(19-13)9-2-4-10(5-3-9)20(23)24/h2-7H,1H3,(H2,17,21)(H,18,22). The van der Waals surface area contributed by atoms with E-state index in [1.807, 2.05) is 0 Å². The number of carbonyl (C=O) groups excluding carboxylic acids is 1. The van der Waals surface area contributed by atoms with Crippen LogP contribution in [0.25, 0.3) is 21.8 Å². The Bertz CT molecular complexity index is 1040. The van der Waals surface area contributed by atoms with Crippen LogP contribution in [0.1, 0.15) is 16.1 Å². The smallest absolute Gasteiger partial charge is 0.269 e. The summed E-state index contributed by atoms with van der Waals surface area (Å²) in [4.78, 5) is 40.4. The number of nitro benzene ring substituents is 1. The zero-order valence-electron chi connectivity index (χ0n) is 13.0. The number of hydrogen-bond donors (Lipinski definition) is 2. The normalized spacial score (nSPS) is 10.6. The summed E-state index contributed by atoms with van der Waals surface area (Å²) in [5, 5.41) is 13.2. The molecule has 0 fully saturated rings. The van der Waals surface area contributed by atoms with E-state index in [0.717, 1.165) is 5.56 Å². The van der Waals surface area contributed by atoms with Crippen molar-refractivity contribution in [3.05, 3.63) is 67.4 Å². The van der Waals surface area contributed by atoms with Crippen molar-refractivity contribution in [1.82, 2.24) is 9.97 Å². The second-order valence-corrected chi connectivity index (χ2v) is 6.12. The maximum absolute atomic E-state index is 11.7. The third-order valence-electron chi connectivity index (χ3n) is 3.61. The molecule has 1 aromatic carbocycles. The largest absolute Gasteiger partial charge is 0.365 e. The van der Waals surface area contributed by atoms with Gasteiger partial charge in [-0.3, -0.25) is 19.7 Å². The molecule has 25 heavy (non-hydrogen) atoms. The third kappa shape index (κ3) is 3.17. The Morgan fingerprint density at radius 2 is 2.00 bits per heavy atom. The van der Waals surface area contributed by atoms with Crippen LogP contribution in [0.4, 0.5) is 5.69 Å². The van der Waals surface area contributed by atoms with E-state index in [9.17, 15) is 19.7 Å². The number of aromatic amines is 1. The molecule has 0 saturated heterocycles. The second-order valence-electron chi connectivity index (χ2n) is 5.26. The van der Waals surface area contributed by atoms with Gasteiger partial charge in [0.1, 0.15) is 10.6 Å². The average molecular weight is 356 g/mol. The van der Waals surface area contributed by atoms with Crippen LogP contribution in [0.15, 0.2) is 40.5 Å². The van der Waals surface area contributed by atoms with Gasteiger partial charge in [0.2, 0.25) is 0 Å². The Kier molecular flexibility index (Phi) is 4.15. The molecule has 0 bridgehead atoms. The van der Waals surface area contributed by atoms with Crippen LogP contribution in [0.3, 0.4) is 0 Å². The number of primary amides is 1. The first-order valence-corrected chi connectivity index (χ1v) is 7.99. The van der Waals surface area contributed by atoms with E-state index >= 15 is 0 Å². The molecule has 9 heteroatoms. The Hall–Kier alpha value is -3.33. The molecule has 0 spiro atoms. The van der Waals surface area contributed by atoms with Crippen LogP contribution in [-0.2, 0) is 0 Å². The summed E-state index contributed by atoms with van der Waals surface area (Å²) >= 11 is 1.35. The fourth-order valence-electron chi connectivity index (χ4n) is 2.33. The number of nitrogens with two attached hydrogens (primary N) is 1. The maximum atomic E-state index is 11.7. The van der Waals surface area contributed by atoms with E-state index in [1.54, 1.807) is 24.4 Å². The minimum absolute atomic E-state index is 0.00288. The van der Waals surface area contributed by atoms with E-state index in [1.165, 1.54) is 29.5 Å². The van der Waals surface area contributed by atoms with Crippen LogP contribution in [0, 0.1) is 17.0 Å². The first-order valence-electron chi connectivity index (χ1n) is 7.11. The lowest BCUT2D eigenvalue weighted by Crippen LogP contribution is -2.24. The molecule has 0 saturated carbocycles. The molecule has 0 aliphatic heterocycles. The van der Waals surface area contributed by atoms with Crippen molar-refractivity contribution in [3.63, 3.8) is 0 Å². The molecular weight excluding hydrogens is 344 g/mol. The van der Waals surface area contributed by atoms with Gasteiger partial charge in [0, 0.05) is 34.3 Å². The van der Waals surface area contributed by atoms with Crippen molar-refractivity contribution in [2.75, 3.05) is 0 Å². The van der Waals surface area contributed by atoms with Crippen molar-refractivity contribution < 1.29 is 9.72 Å². The number of H-pyrrole nitrogens is 1. The van der Waals surface area contributed by atoms with Crippen molar-refractivity contribution in [2.24, 2.45) is 5.73 Å². The maximum Gasteiger partial charge on any atom is 0.269 e. The molecule has 3 N–H and O–H groups in total. The molecule has 1 amide bonds. The van der Waals surface area contributed by atoms with Gasteiger partial charge in [-0.1, -0.05) is 0 Å². The van der Waals surface area contributed by atoms with E-state index in [2.05, 4.69) is 9.97 Å². The number of aromatic nitrogens is 2. The van der Waals surface area contributed by atoms with Crippen molar-refractivity contribution in [2.45, 2.75) is 6.92 Å². The number of thiazole rings is 1. The second kappa shape index (κ2) is 6.29. The number of aryl methyl sites for hydroxylation is 1. The van der Waals surface area contributed by atoms with E-state index in [0.29, 0.717) is 22.0 Å². The zero-order valence-corrected chi connectivity index (χ0v) is 13.8. The highest BCUT2D eigenvalue weighted by Crippen LogP contribution is 2.30. The topological polar surface area (TPSA) is 132 Å². The zero-order chi connectivity index (χ0) is 18.1. The van der Waals surface area contributed by atoms with Gasteiger partial charge < -0.3 is 10.7 Å². The summed E-state index contributed by atoms with van der Waals surface area (Å²) in [5.41, 5.74) is 7.02. The first-order chi connectivity index (χ1) is 11.9. The SMILES string of the molecule is Cc1[nH]c(=O)c(C(N)=O)cc1-c1csc(-c2ccc([N+](=O)[O-])cc2)n1. The lowest BCUT2D eigenvalue weighted by molar-refractivity contribution is -0.384. The predicted molar refractivity (Wildman–Crippen MR) is 93.5 cm³/mol. The Morgan fingerprint density at radius 3 is 2.60 bits per heavy atom. The number of benzene rings is 1. The van der Waals surface area contributed by atoms with Gasteiger partial charge in [-0.2, -0.15) is 0 Å². The molecule has 8 nitrogen and oxygen atoms in total. The minimum atomic E-state index is -0.812. The molecule has 0 aliphatic rings. The number of nitro groups is 1. The number of non-ortho nitro benzene ring substituents is 1. The Balaban J connectivity index is 2.02. The molecule has 3 rings (SSSR count). The van der Waals surface area contributed by atoms with Crippen molar-refractivity contribution in [3.8, 4) is 21.8 Å². The number of hydrogen-bond acceptors (Lipinski definition) is 6. The first kappa shape index (κ1) is 16.5. The van der Waals surface area contributed by atoms with Crippen LogP contribution >= 0.6 is 11.3 Å². The monoisotopic (exact) mass is 356 g/mol. The van der Waals surface area contributed by atoms with Crippen molar-refractivity contribution >= 4 is 22.9 Å². The number of amides is 1. The van der Waals surface area contributed by atoms with Crippen LogP contribution in [0.5, 0.6) is 0 Å². The highest BCUT2D eigenvalue weighted by Gasteiger charge is 2.15. The van der Waals surface area contributed by atoms with Crippen LogP contribution in [-0.4, -0.2) is 20.8 Å². The third-order valence-corrected chi connectivity index (χ3v) is 4.50. The Labute approximate surface area is 145 Å². The quantitative estimate of drug-likeness (QED) is 0.547. The number of nitrogens with zero attached hydrogens (tertiary/aromatic N) is 2. The number of nitrogens with one attached hydrogen (secondary N) is 1. The summed E-state index contributed by atoms with van der Waals surface area (Å²) in [7, 11) is 0. The molecule has 2 heterocycles. The van der Waals surface area contributed by atoms with Gasteiger partial charge in [0.05, 0.1) is 10.6 Å². The fraction of sp³-hybridized carbons (Fsp3) is 0.0625. The molecule has 126 valence electrons. The Morgan fingerprint density at radius 1 is 1.32 bits per heavy atom. The molecule has 0 atom stereocenters. The molecule has 3 aromatic rings. The van der Waals surface area contributed by atoms with Crippen LogP contribution < -0.4 is 11.3 Å². The molecular formula is C16H12N4O4S. The summed E-state index contributed by atoms with van der Waals surface area (Å²) in [6.07, 6.45) is 0. The average Bonchev–Trinajstić information content (AvgIpc) is 3.04. The van der Waals surface area contributed by atoms with Gasteiger partial charge in [-0.25, -0.2) is 4.98 Å². The number of carbonyl (C=O) groups is 1. The lowest BCUT2D eigenvalue weighted by Gasteiger charge is -2.04. The highest BCUT2D eigenvalue weighted by molar-refractivity contribution is 7.13. The number of rotatable bonds is 4. The summed E-state index contributed by atoms with van der Waals surface area (Å²) < 4.78 is 0. The van der Waals surface area contributed by atoms with Gasteiger partial charge in [0.15, 0.2) is 0 Å². The van der Waals surface area contributed by atoms with Gasteiger partial charge in [-0.15, -0.1) is 11.3 Å². The minimum Gasteiger partial charge on any atom is -0.365 e. The van der Waals surface area contributed by atoms with Crippen molar-refractivity contribution in [1.29, 1.82) is 0 Å². The van der Waals surface area contributed by atoms with Gasteiger partial charge in [-0.05, 0) is 25.1 Å². The van der Waals surface area contributed by atoms with E-state index in [4.69, 9.17) is 5.73 Å². The lowest BCUT2D eigenvalue weighted by atomic mass is 10.1. The van der Waals surface area contributed by atoms with Crippen LogP contribution in [0.2, 0.25) is 0 Å². The molecule has 0 radical (unpaired) electrons. The van der Waals surface area contributed by atoms with E-state index in [-0.39, 0.29) is 11.3 Å². The highest BCUT2D eigenvalue weighted by atomic mass is 32.1. The summed E-state index contributed by atoms with van der Waals surface area (Å²) in [5.74, 6) is -0.812. The number of pyridine rings is 1. The van der Waals surface area contributed by atoms with Gasteiger partial charge in [0.25, 0.3) is 17.2 Å². The molecule has 2 aromatic heterocycles. The van der Waals surface area contributed by atoms with Gasteiger partial charge >= 0.3 is 0 Å². The summed E-state index contributed by atoms with van der Waals surface area (Å²) in [6, 6.07) is 7.48. The predicted octanol–water partition coefficient (Wildman–Crippen LogP) is 2.48. The molecule has 0 aliphatic carbocycles. The summed E-state index contributed by atoms with van der Waals surface area (Å²) in [6.45, 7) is 1.70. The van der Waals surface area contributed by atoms with E-state index < -0.39 is 16.4 Å².